The van der Waals surface area contributed by atoms with E-state index in [0.29, 0.717) is 5.69 Å². The Kier molecular flexibility index (Phi) is 3.84. The van der Waals surface area contributed by atoms with E-state index in [9.17, 15) is 10.1 Å². The third-order valence-corrected chi connectivity index (χ3v) is 2.82. The minimum Gasteiger partial charge on any atom is -0.258 e. The highest BCUT2D eigenvalue weighted by molar-refractivity contribution is 9.10. The predicted molar refractivity (Wildman–Crippen MR) is 74.5 cm³/mol. The molecule has 0 aromatic heterocycles. The van der Waals surface area contributed by atoms with E-state index < -0.39 is 4.92 Å². The van der Waals surface area contributed by atoms with Gasteiger partial charge in [0, 0.05) is 22.8 Å². The molecule has 18 heavy (non-hydrogen) atoms. The molecule has 0 aliphatic rings. The Bertz CT molecular complexity index is 577. The van der Waals surface area contributed by atoms with Crippen molar-refractivity contribution >= 4 is 33.5 Å². The van der Waals surface area contributed by atoms with Crippen molar-refractivity contribution in [3.05, 3.63) is 68.7 Å². The van der Waals surface area contributed by atoms with Crippen LogP contribution in [0.1, 0.15) is 5.56 Å². The Balaban J connectivity index is 2.13. The van der Waals surface area contributed by atoms with Crippen molar-refractivity contribution < 1.29 is 4.92 Å². The minimum absolute atomic E-state index is 0.0672. The second kappa shape index (κ2) is 5.55. The molecule has 0 saturated heterocycles. The summed E-state index contributed by atoms with van der Waals surface area (Å²) in [5, 5.41) is 10.5. The summed E-state index contributed by atoms with van der Waals surface area (Å²) in [6, 6.07) is 13.8. The van der Waals surface area contributed by atoms with Crippen LogP contribution in [0.15, 0.2) is 58.0 Å². The highest BCUT2D eigenvalue weighted by Crippen LogP contribution is 2.18. The largest absolute Gasteiger partial charge is 0.269 e. The number of non-ortho nitro benzene ring substituents is 1. The molecule has 0 bridgehead atoms. The lowest BCUT2D eigenvalue weighted by atomic mass is 10.2. The molecule has 0 aliphatic carbocycles. The molecule has 0 N–H and O–H groups in total. The van der Waals surface area contributed by atoms with E-state index in [1.165, 1.54) is 12.1 Å². The van der Waals surface area contributed by atoms with Crippen LogP contribution in [0.25, 0.3) is 0 Å². The summed E-state index contributed by atoms with van der Waals surface area (Å²) < 4.78 is 1.01. The van der Waals surface area contributed by atoms with E-state index in [2.05, 4.69) is 20.9 Å². The number of rotatable bonds is 3. The number of aliphatic imine (C=N–C) groups is 1. The van der Waals surface area contributed by atoms with Gasteiger partial charge in [0.15, 0.2) is 0 Å². The lowest BCUT2D eigenvalue weighted by molar-refractivity contribution is -0.384. The van der Waals surface area contributed by atoms with Crippen LogP contribution in [0.4, 0.5) is 11.4 Å². The Labute approximate surface area is 112 Å². The highest BCUT2D eigenvalue weighted by Gasteiger charge is 2.02. The fourth-order valence-electron chi connectivity index (χ4n) is 1.36. The van der Waals surface area contributed by atoms with E-state index in [1.807, 2.05) is 24.3 Å². The van der Waals surface area contributed by atoms with Crippen molar-refractivity contribution in [3.8, 4) is 0 Å². The molecule has 0 unspecified atom stereocenters. The van der Waals surface area contributed by atoms with E-state index >= 15 is 0 Å². The van der Waals surface area contributed by atoms with Crippen LogP contribution in [-0.4, -0.2) is 11.1 Å². The second-order valence-electron chi connectivity index (χ2n) is 3.58. The van der Waals surface area contributed by atoms with Gasteiger partial charge in [0.05, 0.1) is 10.6 Å². The molecular formula is C13H9BrN2O2. The molecule has 0 atom stereocenters. The monoisotopic (exact) mass is 304 g/mol. The Hall–Kier alpha value is -2.01. The number of nitro benzene ring substituents is 1. The van der Waals surface area contributed by atoms with Gasteiger partial charge in [-0.2, -0.15) is 0 Å². The molecule has 4 nitrogen and oxygen atoms in total. The van der Waals surface area contributed by atoms with E-state index in [-0.39, 0.29) is 5.69 Å². The van der Waals surface area contributed by atoms with Gasteiger partial charge in [0.2, 0.25) is 0 Å². The van der Waals surface area contributed by atoms with Gasteiger partial charge in [-0.05, 0) is 29.8 Å². The van der Waals surface area contributed by atoms with Crippen LogP contribution in [0.2, 0.25) is 0 Å². The van der Waals surface area contributed by atoms with Gasteiger partial charge >= 0.3 is 0 Å². The maximum atomic E-state index is 10.5. The van der Waals surface area contributed by atoms with E-state index in [1.54, 1.807) is 18.3 Å². The van der Waals surface area contributed by atoms with Crippen LogP contribution in [-0.2, 0) is 0 Å². The first-order valence-corrected chi connectivity index (χ1v) is 5.98. The normalized spacial score (nSPS) is 10.7. The number of hydrogen-bond donors (Lipinski definition) is 0. The fraction of sp³-hybridized carbons (Fsp3) is 0. The standard InChI is InChI=1S/C13H9BrN2O2/c14-11-3-1-10(2-4-11)9-15-12-5-7-13(8-6-12)16(17)18/h1-9H. The Morgan fingerprint density at radius 2 is 1.67 bits per heavy atom. The first-order valence-electron chi connectivity index (χ1n) is 5.19. The number of nitrogens with zero attached hydrogens (tertiary/aromatic N) is 2. The average Bonchev–Trinajstić information content (AvgIpc) is 2.38. The zero-order chi connectivity index (χ0) is 13.0. The van der Waals surface area contributed by atoms with Crippen LogP contribution < -0.4 is 0 Å². The molecule has 0 amide bonds. The topological polar surface area (TPSA) is 55.5 Å². The smallest absolute Gasteiger partial charge is 0.258 e. The summed E-state index contributed by atoms with van der Waals surface area (Å²) in [4.78, 5) is 14.3. The van der Waals surface area contributed by atoms with Crippen LogP contribution >= 0.6 is 15.9 Å². The van der Waals surface area contributed by atoms with E-state index in [4.69, 9.17) is 0 Å². The number of benzene rings is 2. The maximum Gasteiger partial charge on any atom is 0.269 e. The van der Waals surface area contributed by atoms with Gasteiger partial charge in [-0.25, -0.2) is 0 Å². The molecule has 0 saturated carbocycles. The molecule has 90 valence electrons. The molecular weight excluding hydrogens is 296 g/mol. The third kappa shape index (κ3) is 3.24. The summed E-state index contributed by atoms with van der Waals surface area (Å²) in [5.41, 5.74) is 1.72. The molecule has 2 rings (SSSR count). The number of nitro groups is 1. The Morgan fingerprint density at radius 1 is 1.06 bits per heavy atom. The molecule has 2 aromatic rings. The molecule has 5 heteroatoms. The molecule has 0 radical (unpaired) electrons. The molecule has 2 aromatic carbocycles. The SMILES string of the molecule is O=[N+]([O-])c1ccc(N=Cc2ccc(Br)cc2)cc1. The number of hydrogen-bond acceptors (Lipinski definition) is 3. The summed E-state index contributed by atoms with van der Waals surface area (Å²) in [6.45, 7) is 0. The van der Waals surface area contributed by atoms with Gasteiger partial charge < -0.3 is 0 Å². The lowest BCUT2D eigenvalue weighted by Crippen LogP contribution is -1.85. The molecule has 0 aliphatic heterocycles. The van der Waals surface area contributed by atoms with Crippen molar-refractivity contribution in [3.63, 3.8) is 0 Å². The third-order valence-electron chi connectivity index (χ3n) is 2.29. The summed E-state index contributed by atoms with van der Waals surface area (Å²) >= 11 is 3.35. The average molecular weight is 305 g/mol. The summed E-state index contributed by atoms with van der Waals surface area (Å²) in [6.07, 6.45) is 1.72. The number of halogens is 1. The van der Waals surface area contributed by atoms with Gasteiger partial charge in [0.1, 0.15) is 0 Å². The molecule has 0 heterocycles. The lowest BCUT2D eigenvalue weighted by Gasteiger charge is -1.95. The van der Waals surface area contributed by atoms with Gasteiger partial charge in [-0.1, -0.05) is 28.1 Å². The van der Waals surface area contributed by atoms with E-state index in [0.717, 1.165) is 10.0 Å². The second-order valence-corrected chi connectivity index (χ2v) is 4.50. The van der Waals surface area contributed by atoms with Crippen molar-refractivity contribution in [2.45, 2.75) is 0 Å². The van der Waals surface area contributed by atoms with Gasteiger partial charge in [-0.3, -0.25) is 15.1 Å². The molecule has 0 spiro atoms. The zero-order valence-corrected chi connectivity index (χ0v) is 10.9. The fourth-order valence-corrected chi connectivity index (χ4v) is 1.62. The first kappa shape index (κ1) is 12.4. The predicted octanol–water partition coefficient (Wildman–Crippen LogP) is 4.11. The van der Waals surface area contributed by atoms with Crippen LogP contribution in [0, 0.1) is 10.1 Å². The minimum atomic E-state index is -0.428. The van der Waals surface area contributed by atoms with Crippen molar-refractivity contribution in [2.24, 2.45) is 4.99 Å². The summed E-state index contributed by atoms with van der Waals surface area (Å²) in [7, 11) is 0. The summed E-state index contributed by atoms with van der Waals surface area (Å²) in [5.74, 6) is 0. The van der Waals surface area contributed by atoms with Crippen molar-refractivity contribution in [2.75, 3.05) is 0 Å². The van der Waals surface area contributed by atoms with Gasteiger partial charge in [-0.15, -0.1) is 0 Å². The highest BCUT2D eigenvalue weighted by atomic mass is 79.9. The van der Waals surface area contributed by atoms with Gasteiger partial charge in [0.25, 0.3) is 5.69 Å². The molecule has 0 fully saturated rings. The van der Waals surface area contributed by atoms with Crippen LogP contribution in [0.3, 0.4) is 0 Å². The van der Waals surface area contributed by atoms with Crippen molar-refractivity contribution in [1.29, 1.82) is 0 Å². The zero-order valence-electron chi connectivity index (χ0n) is 9.29. The van der Waals surface area contributed by atoms with Crippen molar-refractivity contribution in [1.82, 2.24) is 0 Å². The quantitative estimate of drug-likeness (QED) is 0.487. The Morgan fingerprint density at radius 3 is 2.22 bits per heavy atom. The maximum absolute atomic E-state index is 10.5. The first-order chi connectivity index (χ1) is 8.65. The van der Waals surface area contributed by atoms with Crippen LogP contribution in [0.5, 0.6) is 0 Å².